The second kappa shape index (κ2) is 8.14. The zero-order valence-corrected chi connectivity index (χ0v) is 12.9. The van der Waals surface area contributed by atoms with Gasteiger partial charge in [-0.3, -0.25) is 4.90 Å². The number of hydrogen-bond acceptors (Lipinski definition) is 1. The normalized spacial score (nSPS) is 20.1. The van der Waals surface area contributed by atoms with Crippen molar-refractivity contribution in [1.29, 1.82) is 0 Å². The molecule has 0 spiro atoms. The maximum Gasteiger partial charge on any atom is 0.0506 e. The lowest BCUT2D eigenvalue weighted by atomic mass is 9.97. The molecule has 1 fully saturated rings. The Kier molecular flexibility index (Phi) is 6.49. The summed E-state index contributed by atoms with van der Waals surface area (Å²) in [6.45, 7) is 2.37. The number of halogens is 2. The Bertz CT molecular complexity index is 349. The summed E-state index contributed by atoms with van der Waals surface area (Å²) in [5.41, 5.74) is 1.37. The van der Waals surface area contributed by atoms with Crippen LogP contribution in [0.4, 0.5) is 0 Å². The molecule has 0 aromatic heterocycles. The molecule has 1 heterocycles. The van der Waals surface area contributed by atoms with Gasteiger partial charge in [-0.25, -0.2) is 0 Å². The third-order valence-electron chi connectivity index (χ3n) is 3.95. The molecule has 1 aliphatic rings. The van der Waals surface area contributed by atoms with Gasteiger partial charge in [0, 0.05) is 11.9 Å². The minimum atomic E-state index is 0.149. The Morgan fingerprint density at radius 2 is 1.74 bits per heavy atom. The van der Waals surface area contributed by atoms with Crippen LogP contribution in [0.15, 0.2) is 30.3 Å². The predicted molar refractivity (Wildman–Crippen MR) is 84.3 cm³/mol. The molecule has 0 radical (unpaired) electrons. The van der Waals surface area contributed by atoms with E-state index in [2.05, 4.69) is 35.2 Å². The van der Waals surface area contributed by atoms with Gasteiger partial charge in [0.2, 0.25) is 0 Å². The van der Waals surface area contributed by atoms with Gasteiger partial charge in [-0.1, -0.05) is 36.8 Å². The van der Waals surface area contributed by atoms with Crippen LogP contribution in [-0.2, 0) is 6.42 Å². The van der Waals surface area contributed by atoms with Crippen LogP contribution in [0.1, 0.15) is 31.2 Å². The Balaban J connectivity index is 2.04. The fourth-order valence-corrected chi connectivity index (χ4v) is 3.59. The molecule has 1 aromatic carbocycles. The van der Waals surface area contributed by atoms with Crippen molar-refractivity contribution in [2.75, 3.05) is 19.0 Å². The van der Waals surface area contributed by atoms with Crippen LogP contribution in [-0.4, -0.2) is 35.3 Å². The molecule has 1 aliphatic heterocycles. The zero-order valence-electron chi connectivity index (χ0n) is 11.4. The Morgan fingerprint density at radius 3 is 2.37 bits per heavy atom. The fraction of sp³-hybridized carbons (Fsp3) is 0.625. The number of nitrogens with zero attached hydrogens (tertiary/aromatic N) is 1. The van der Waals surface area contributed by atoms with E-state index in [4.69, 9.17) is 23.2 Å². The summed E-state index contributed by atoms with van der Waals surface area (Å²) < 4.78 is 0. The van der Waals surface area contributed by atoms with E-state index in [1.54, 1.807) is 0 Å². The molecule has 1 saturated heterocycles. The predicted octanol–water partition coefficient (Wildman–Crippen LogP) is 4.32. The van der Waals surface area contributed by atoms with Crippen LogP contribution >= 0.6 is 23.2 Å². The van der Waals surface area contributed by atoms with E-state index in [1.807, 2.05) is 0 Å². The summed E-state index contributed by atoms with van der Waals surface area (Å²) in [5, 5.41) is 0.149. The number of hydrogen-bond donors (Lipinski definition) is 0. The van der Waals surface area contributed by atoms with E-state index in [1.165, 1.54) is 37.9 Å². The van der Waals surface area contributed by atoms with Crippen molar-refractivity contribution in [3.63, 3.8) is 0 Å². The third-order valence-corrected chi connectivity index (χ3v) is 4.68. The van der Waals surface area contributed by atoms with Crippen LogP contribution in [0.2, 0.25) is 0 Å². The highest BCUT2D eigenvalue weighted by molar-refractivity contribution is 6.22. The van der Waals surface area contributed by atoms with Crippen molar-refractivity contribution in [3.8, 4) is 0 Å². The van der Waals surface area contributed by atoms with Gasteiger partial charge in [0.1, 0.15) is 0 Å². The molecule has 0 amide bonds. The average Bonchev–Trinajstić information content (AvgIpc) is 2.47. The second-order valence-corrected chi connectivity index (χ2v) is 6.29. The van der Waals surface area contributed by atoms with Crippen LogP contribution in [0, 0.1) is 0 Å². The van der Waals surface area contributed by atoms with E-state index >= 15 is 0 Å². The minimum Gasteiger partial charge on any atom is -0.299 e. The first-order chi connectivity index (χ1) is 9.31. The molecule has 1 aromatic rings. The molecule has 2 unspecified atom stereocenters. The first kappa shape index (κ1) is 15.2. The number of likely N-dealkylation sites (tertiary alicyclic amines) is 1. The average molecular weight is 300 g/mol. The van der Waals surface area contributed by atoms with Crippen LogP contribution in [0.25, 0.3) is 0 Å². The Hall–Kier alpha value is -0.240. The van der Waals surface area contributed by atoms with Crippen molar-refractivity contribution in [2.24, 2.45) is 0 Å². The largest absolute Gasteiger partial charge is 0.299 e. The molecule has 0 aliphatic carbocycles. The summed E-state index contributed by atoms with van der Waals surface area (Å²) in [5.74, 6) is 0.646. The molecule has 3 heteroatoms. The van der Waals surface area contributed by atoms with Gasteiger partial charge in [-0.2, -0.15) is 0 Å². The lowest BCUT2D eigenvalue weighted by Crippen LogP contribution is -2.45. The summed E-state index contributed by atoms with van der Waals surface area (Å²) in [6.07, 6.45) is 5.88. The quantitative estimate of drug-likeness (QED) is 0.707. The lowest BCUT2D eigenvalue weighted by molar-refractivity contribution is 0.156. The van der Waals surface area contributed by atoms with E-state index in [0.717, 1.165) is 12.8 Å². The van der Waals surface area contributed by atoms with Gasteiger partial charge in [0.15, 0.2) is 0 Å². The SMILES string of the molecule is ClCCC(Cl)C(Cc1ccccc1)N1CCCCC1. The summed E-state index contributed by atoms with van der Waals surface area (Å²) in [7, 11) is 0. The highest BCUT2D eigenvalue weighted by Crippen LogP contribution is 2.23. The maximum atomic E-state index is 6.60. The number of alkyl halides is 2. The van der Waals surface area contributed by atoms with Gasteiger partial charge in [-0.15, -0.1) is 23.2 Å². The second-order valence-electron chi connectivity index (χ2n) is 5.35. The standard InChI is InChI=1S/C16H23Cl2N/c17-10-9-15(18)16(19-11-5-2-6-12-19)13-14-7-3-1-4-8-14/h1,3-4,7-8,15-16H,2,5-6,9-13H2. The first-order valence-corrected chi connectivity index (χ1v) is 8.26. The smallest absolute Gasteiger partial charge is 0.0506 e. The molecule has 0 bridgehead atoms. The van der Waals surface area contributed by atoms with E-state index in [9.17, 15) is 0 Å². The number of piperidine rings is 1. The molecular formula is C16H23Cl2N. The van der Waals surface area contributed by atoms with Gasteiger partial charge in [0.25, 0.3) is 0 Å². The topological polar surface area (TPSA) is 3.24 Å². The summed E-state index contributed by atoms with van der Waals surface area (Å²) in [4.78, 5) is 2.57. The first-order valence-electron chi connectivity index (χ1n) is 7.29. The third kappa shape index (κ3) is 4.66. The van der Waals surface area contributed by atoms with E-state index < -0.39 is 0 Å². The Labute approximate surface area is 126 Å². The monoisotopic (exact) mass is 299 g/mol. The number of rotatable bonds is 6. The van der Waals surface area contributed by atoms with Crippen molar-refractivity contribution in [3.05, 3.63) is 35.9 Å². The van der Waals surface area contributed by atoms with Crippen LogP contribution < -0.4 is 0 Å². The zero-order chi connectivity index (χ0) is 13.5. The van der Waals surface area contributed by atoms with Gasteiger partial charge in [0.05, 0.1) is 5.38 Å². The molecule has 0 saturated carbocycles. The molecule has 19 heavy (non-hydrogen) atoms. The number of benzene rings is 1. The highest BCUT2D eigenvalue weighted by atomic mass is 35.5. The van der Waals surface area contributed by atoms with Gasteiger partial charge in [-0.05, 0) is 44.3 Å². The van der Waals surface area contributed by atoms with Crippen LogP contribution in [0.5, 0.6) is 0 Å². The van der Waals surface area contributed by atoms with Crippen molar-refractivity contribution in [1.82, 2.24) is 4.90 Å². The van der Waals surface area contributed by atoms with E-state index in [-0.39, 0.29) is 5.38 Å². The van der Waals surface area contributed by atoms with Gasteiger partial charge < -0.3 is 0 Å². The molecule has 2 rings (SSSR count). The van der Waals surface area contributed by atoms with Gasteiger partial charge >= 0.3 is 0 Å². The van der Waals surface area contributed by atoms with E-state index in [0.29, 0.717) is 11.9 Å². The lowest BCUT2D eigenvalue weighted by Gasteiger charge is -2.37. The van der Waals surface area contributed by atoms with Crippen molar-refractivity contribution < 1.29 is 0 Å². The molecular weight excluding hydrogens is 277 g/mol. The minimum absolute atomic E-state index is 0.149. The molecule has 1 nitrogen and oxygen atoms in total. The van der Waals surface area contributed by atoms with Crippen molar-refractivity contribution in [2.45, 2.75) is 43.5 Å². The molecule has 0 N–H and O–H groups in total. The maximum absolute atomic E-state index is 6.60. The summed E-state index contributed by atoms with van der Waals surface area (Å²) in [6, 6.07) is 11.1. The van der Waals surface area contributed by atoms with Crippen LogP contribution in [0.3, 0.4) is 0 Å². The van der Waals surface area contributed by atoms with Crippen molar-refractivity contribution >= 4 is 23.2 Å². The summed E-state index contributed by atoms with van der Waals surface area (Å²) >= 11 is 12.5. The highest BCUT2D eigenvalue weighted by Gasteiger charge is 2.27. The molecule has 2 atom stereocenters. The molecule has 106 valence electrons. The Morgan fingerprint density at radius 1 is 1.05 bits per heavy atom. The fourth-order valence-electron chi connectivity index (χ4n) is 2.89.